The average molecular weight is 441 g/mol. The third-order valence-electron chi connectivity index (χ3n) is 4.97. The van der Waals surface area contributed by atoms with Gasteiger partial charge in [-0.15, -0.1) is 22.7 Å². The van der Waals surface area contributed by atoms with Gasteiger partial charge in [0.25, 0.3) is 10.0 Å². The van der Waals surface area contributed by atoms with Crippen molar-refractivity contribution in [1.82, 2.24) is 9.62 Å². The van der Waals surface area contributed by atoms with Crippen LogP contribution >= 0.6 is 22.7 Å². The van der Waals surface area contributed by atoms with Crippen molar-refractivity contribution < 1.29 is 13.2 Å². The number of carbonyl (C=O) groups is 1. The van der Waals surface area contributed by atoms with Gasteiger partial charge < -0.3 is 5.32 Å². The average Bonchev–Trinajstić information content (AvgIpc) is 3.33. The van der Waals surface area contributed by atoms with E-state index in [0.29, 0.717) is 23.1 Å². The summed E-state index contributed by atoms with van der Waals surface area (Å²) in [6.07, 6.45) is 2.30. The van der Waals surface area contributed by atoms with Crippen LogP contribution in [0.15, 0.2) is 33.9 Å². The van der Waals surface area contributed by atoms with Crippen LogP contribution in [0.3, 0.4) is 0 Å². The molecule has 8 heteroatoms. The summed E-state index contributed by atoms with van der Waals surface area (Å²) in [7, 11) is -3.52. The van der Waals surface area contributed by atoms with Gasteiger partial charge in [-0.1, -0.05) is 19.9 Å². The highest BCUT2D eigenvalue weighted by molar-refractivity contribution is 7.91. The van der Waals surface area contributed by atoms with Crippen molar-refractivity contribution in [3.63, 3.8) is 0 Å². The molecule has 0 aliphatic carbocycles. The smallest absolute Gasteiger partial charge is 0.252 e. The van der Waals surface area contributed by atoms with Gasteiger partial charge in [-0.25, -0.2) is 8.42 Å². The molecule has 0 radical (unpaired) electrons. The first-order chi connectivity index (χ1) is 13.3. The molecule has 2 aromatic rings. The highest BCUT2D eigenvalue weighted by Gasteiger charge is 2.34. The van der Waals surface area contributed by atoms with E-state index >= 15 is 0 Å². The van der Waals surface area contributed by atoms with Crippen LogP contribution in [0.5, 0.6) is 0 Å². The van der Waals surface area contributed by atoms with Crippen molar-refractivity contribution in [3.8, 4) is 0 Å². The minimum Gasteiger partial charge on any atom is -0.348 e. The lowest BCUT2D eigenvalue weighted by Gasteiger charge is -2.32. The maximum atomic E-state index is 13.0. The Bertz CT molecular complexity index is 888. The lowest BCUT2D eigenvalue weighted by Crippen LogP contribution is -2.46. The third-order valence-corrected chi connectivity index (χ3v) is 9.29. The van der Waals surface area contributed by atoms with E-state index in [1.165, 1.54) is 15.6 Å². The molecule has 1 saturated heterocycles. The number of nitrogens with one attached hydrogen (secondary N) is 1. The van der Waals surface area contributed by atoms with E-state index in [4.69, 9.17) is 0 Å². The fourth-order valence-corrected chi connectivity index (χ4v) is 7.30. The summed E-state index contributed by atoms with van der Waals surface area (Å²) in [5.41, 5.74) is 0. The van der Waals surface area contributed by atoms with Crippen LogP contribution in [-0.4, -0.2) is 31.7 Å². The Morgan fingerprint density at radius 2 is 2.11 bits per heavy atom. The number of hydrogen-bond acceptors (Lipinski definition) is 5. The number of carbonyl (C=O) groups excluding carboxylic acids is 1. The molecule has 1 N–H and O–H groups in total. The monoisotopic (exact) mass is 440 g/mol. The van der Waals surface area contributed by atoms with Gasteiger partial charge in [0.1, 0.15) is 4.21 Å². The van der Waals surface area contributed by atoms with Crippen LogP contribution in [0.1, 0.15) is 48.9 Å². The summed E-state index contributed by atoms with van der Waals surface area (Å²) in [5.74, 6) is 0.109. The zero-order valence-electron chi connectivity index (χ0n) is 16.6. The Morgan fingerprint density at radius 3 is 2.71 bits per heavy atom. The Hall–Kier alpha value is -1.22. The van der Waals surface area contributed by atoms with Crippen molar-refractivity contribution in [2.45, 2.75) is 50.3 Å². The van der Waals surface area contributed by atoms with Gasteiger partial charge in [0.15, 0.2) is 0 Å². The number of rotatable bonds is 7. The van der Waals surface area contributed by atoms with Crippen LogP contribution in [0.2, 0.25) is 0 Å². The van der Waals surface area contributed by atoms with Crippen LogP contribution in [-0.2, 0) is 14.8 Å². The minimum absolute atomic E-state index is 0.0144. The van der Waals surface area contributed by atoms with Crippen LogP contribution < -0.4 is 5.32 Å². The van der Waals surface area contributed by atoms with Crippen molar-refractivity contribution in [3.05, 3.63) is 39.4 Å². The van der Waals surface area contributed by atoms with Crippen molar-refractivity contribution in [2.75, 3.05) is 13.1 Å². The molecule has 2 aromatic heterocycles. The highest BCUT2D eigenvalue weighted by atomic mass is 32.2. The molecule has 3 rings (SSSR count). The zero-order chi connectivity index (χ0) is 20.3. The Labute approximate surface area is 175 Å². The van der Waals surface area contributed by atoms with Gasteiger partial charge >= 0.3 is 0 Å². The Kier molecular flexibility index (Phi) is 6.96. The van der Waals surface area contributed by atoms with E-state index in [1.807, 2.05) is 24.4 Å². The van der Waals surface area contributed by atoms with Gasteiger partial charge in [0.2, 0.25) is 5.91 Å². The fourth-order valence-electron chi connectivity index (χ4n) is 3.55. The first-order valence-electron chi connectivity index (χ1n) is 9.67. The lowest BCUT2D eigenvalue weighted by molar-refractivity contribution is -0.126. The molecule has 0 spiro atoms. The van der Waals surface area contributed by atoms with Gasteiger partial charge in [-0.05, 0) is 55.7 Å². The number of sulfonamides is 1. The Morgan fingerprint density at radius 1 is 1.32 bits per heavy atom. The van der Waals surface area contributed by atoms with Gasteiger partial charge in [0, 0.05) is 22.8 Å². The molecular formula is C20H28N2O3S3. The van der Waals surface area contributed by atoms with Crippen LogP contribution in [0, 0.1) is 18.8 Å². The molecule has 0 saturated carbocycles. The molecule has 1 aliphatic heterocycles. The van der Waals surface area contributed by atoms with Crippen molar-refractivity contribution >= 4 is 38.6 Å². The first kappa shape index (κ1) is 21.5. The predicted molar refractivity (Wildman–Crippen MR) is 115 cm³/mol. The molecule has 1 aliphatic rings. The third kappa shape index (κ3) is 5.03. The normalized spacial score (nSPS) is 19.6. The van der Waals surface area contributed by atoms with Crippen molar-refractivity contribution in [2.24, 2.45) is 11.8 Å². The Balaban J connectivity index is 1.70. The second-order valence-corrected chi connectivity index (χ2v) is 12.2. The molecule has 28 heavy (non-hydrogen) atoms. The van der Waals surface area contributed by atoms with Crippen molar-refractivity contribution in [1.29, 1.82) is 0 Å². The first-order valence-corrected chi connectivity index (χ1v) is 12.8. The molecular weight excluding hydrogens is 412 g/mol. The molecule has 2 atom stereocenters. The summed E-state index contributed by atoms with van der Waals surface area (Å²) in [4.78, 5) is 15.1. The van der Waals surface area contributed by atoms with E-state index in [-0.39, 0.29) is 24.4 Å². The minimum atomic E-state index is -3.52. The van der Waals surface area contributed by atoms with E-state index < -0.39 is 10.0 Å². The number of nitrogens with zero attached hydrogens (tertiary/aromatic N) is 1. The van der Waals surface area contributed by atoms with Gasteiger partial charge in [-0.2, -0.15) is 4.31 Å². The maximum absolute atomic E-state index is 13.0. The SMILES string of the molecule is Cc1ccc(S(=O)(=O)N2CCCC(C(=O)NC(CC(C)C)c3cccs3)C2)s1. The molecule has 1 fully saturated rings. The van der Waals surface area contributed by atoms with Crippen LogP contribution in [0.25, 0.3) is 0 Å². The summed E-state index contributed by atoms with van der Waals surface area (Å²) in [5, 5.41) is 5.21. The zero-order valence-corrected chi connectivity index (χ0v) is 19.0. The maximum Gasteiger partial charge on any atom is 0.252 e. The lowest BCUT2D eigenvalue weighted by atomic mass is 9.97. The summed E-state index contributed by atoms with van der Waals surface area (Å²) < 4.78 is 27.7. The number of aryl methyl sites for hydroxylation is 1. The highest BCUT2D eigenvalue weighted by Crippen LogP contribution is 2.30. The topological polar surface area (TPSA) is 66.5 Å². The largest absolute Gasteiger partial charge is 0.348 e. The number of hydrogen-bond donors (Lipinski definition) is 1. The van der Waals surface area contributed by atoms with E-state index in [9.17, 15) is 13.2 Å². The van der Waals surface area contributed by atoms with E-state index in [2.05, 4.69) is 25.2 Å². The van der Waals surface area contributed by atoms with Gasteiger partial charge in [-0.3, -0.25) is 4.79 Å². The quantitative estimate of drug-likeness (QED) is 0.693. The van der Waals surface area contributed by atoms with Crippen LogP contribution in [0.4, 0.5) is 0 Å². The van der Waals surface area contributed by atoms with E-state index in [0.717, 1.165) is 22.6 Å². The summed E-state index contributed by atoms with van der Waals surface area (Å²) in [6.45, 7) is 6.92. The van der Waals surface area contributed by atoms with E-state index in [1.54, 1.807) is 17.4 Å². The second kappa shape index (κ2) is 9.07. The second-order valence-electron chi connectivity index (χ2n) is 7.77. The molecule has 1 amide bonds. The summed E-state index contributed by atoms with van der Waals surface area (Å²) in [6, 6.07) is 7.52. The van der Waals surface area contributed by atoms with Gasteiger partial charge in [0.05, 0.1) is 12.0 Å². The predicted octanol–water partition coefficient (Wildman–Crippen LogP) is 4.42. The molecule has 0 bridgehead atoms. The molecule has 2 unspecified atom stereocenters. The number of piperidine rings is 1. The molecule has 154 valence electrons. The number of amides is 1. The molecule has 5 nitrogen and oxygen atoms in total. The molecule has 0 aromatic carbocycles. The standard InChI is InChI=1S/C20H28N2O3S3/c1-14(2)12-17(18-7-5-11-26-18)21-20(23)16-6-4-10-22(13-16)28(24,25)19-9-8-15(3)27-19/h5,7-9,11,14,16-17H,4,6,10,12-13H2,1-3H3,(H,21,23). The fraction of sp³-hybridized carbons (Fsp3) is 0.550. The summed E-state index contributed by atoms with van der Waals surface area (Å²) >= 11 is 2.93. The molecule has 3 heterocycles. The number of thiophene rings is 2.